The standard InChI is InChI=1S/C12H16N6O/c1-17(7-9-5-15-18(2)8-9)11-4-3-10(6-14-11)12(13)16-19/h3-6,8,19H,7H2,1-2H3,(H2,13,16). The molecule has 100 valence electrons. The third-order valence-corrected chi connectivity index (χ3v) is 2.72. The highest BCUT2D eigenvalue weighted by Crippen LogP contribution is 2.12. The third kappa shape index (κ3) is 3.01. The normalized spacial score (nSPS) is 11.6. The van der Waals surface area contributed by atoms with E-state index in [1.165, 1.54) is 0 Å². The first kappa shape index (κ1) is 12.9. The summed E-state index contributed by atoms with van der Waals surface area (Å²) in [4.78, 5) is 6.27. The number of pyridine rings is 1. The van der Waals surface area contributed by atoms with Crippen LogP contribution < -0.4 is 10.6 Å². The number of hydrogen-bond acceptors (Lipinski definition) is 5. The van der Waals surface area contributed by atoms with E-state index in [1.807, 2.05) is 37.5 Å². The molecule has 2 aromatic rings. The van der Waals surface area contributed by atoms with Crippen molar-refractivity contribution in [1.29, 1.82) is 0 Å². The van der Waals surface area contributed by atoms with E-state index in [-0.39, 0.29) is 5.84 Å². The Bertz CT molecular complexity index is 574. The number of aryl methyl sites for hydroxylation is 1. The molecule has 0 aliphatic heterocycles. The molecule has 0 fully saturated rings. The Labute approximate surface area is 111 Å². The van der Waals surface area contributed by atoms with Crippen LogP contribution in [0.15, 0.2) is 35.9 Å². The molecule has 0 aromatic carbocycles. The first-order valence-electron chi connectivity index (χ1n) is 5.73. The molecule has 7 heteroatoms. The van der Waals surface area contributed by atoms with Crippen molar-refractivity contribution in [1.82, 2.24) is 14.8 Å². The predicted octanol–water partition coefficient (Wildman–Crippen LogP) is 0.546. The first-order chi connectivity index (χ1) is 9.10. The average molecular weight is 260 g/mol. The second kappa shape index (κ2) is 5.38. The lowest BCUT2D eigenvalue weighted by atomic mass is 10.2. The summed E-state index contributed by atoms with van der Waals surface area (Å²) in [5.41, 5.74) is 7.17. The molecule has 3 N–H and O–H groups in total. The molecule has 0 saturated carbocycles. The Balaban J connectivity index is 2.09. The van der Waals surface area contributed by atoms with Gasteiger partial charge in [-0.05, 0) is 12.1 Å². The van der Waals surface area contributed by atoms with E-state index < -0.39 is 0 Å². The van der Waals surface area contributed by atoms with Gasteiger partial charge in [-0.3, -0.25) is 4.68 Å². The van der Waals surface area contributed by atoms with Crippen molar-refractivity contribution in [3.63, 3.8) is 0 Å². The first-order valence-corrected chi connectivity index (χ1v) is 5.73. The number of amidine groups is 1. The van der Waals surface area contributed by atoms with Gasteiger partial charge in [0, 0.05) is 44.2 Å². The maximum absolute atomic E-state index is 8.58. The van der Waals surface area contributed by atoms with Crippen molar-refractivity contribution in [2.45, 2.75) is 6.54 Å². The molecule has 0 bridgehead atoms. The monoisotopic (exact) mass is 260 g/mol. The van der Waals surface area contributed by atoms with E-state index in [9.17, 15) is 0 Å². The van der Waals surface area contributed by atoms with E-state index in [2.05, 4.69) is 15.2 Å². The van der Waals surface area contributed by atoms with E-state index in [4.69, 9.17) is 10.9 Å². The summed E-state index contributed by atoms with van der Waals surface area (Å²) in [6.45, 7) is 0.712. The van der Waals surface area contributed by atoms with Crippen LogP contribution >= 0.6 is 0 Å². The number of rotatable bonds is 4. The molecule has 2 rings (SSSR count). The van der Waals surface area contributed by atoms with Crippen LogP contribution in [0.1, 0.15) is 11.1 Å². The molecule has 0 unspecified atom stereocenters. The largest absolute Gasteiger partial charge is 0.409 e. The second-order valence-electron chi connectivity index (χ2n) is 4.27. The van der Waals surface area contributed by atoms with Crippen molar-refractivity contribution in [3.8, 4) is 0 Å². The molecule has 0 amide bonds. The van der Waals surface area contributed by atoms with Crippen molar-refractivity contribution in [2.24, 2.45) is 17.9 Å². The summed E-state index contributed by atoms with van der Waals surface area (Å²) in [5.74, 6) is 0.854. The quantitative estimate of drug-likeness (QED) is 0.362. The van der Waals surface area contributed by atoms with Gasteiger partial charge >= 0.3 is 0 Å². The minimum Gasteiger partial charge on any atom is -0.409 e. The van der Waals surface area contributed by atoms with Gasteiger partial charge in [0.1, 0.15) is 5.82 Å². The number of hydrogen-bond donors (Lipinski definition) is 2. The van der Waals surface area contributed by atoms with Gasteiger partial charge in [0.05, 0.1) is 6.20 Å². The predicted molar refractivity (Wildman–Crippen MR) is 72.1 cm³/mol. The SMILES string of the molecule is CN(Cc1cnn(C)c1)c1ccc(C(N)=NO)cn1. The Morgan fingerprint density at radius 1 is 1.47 bits per heavy atom. The molecule has 0 saturated heterocycles. The number of oxime groups is 1. The van der Waals surface area contributed by atoms with Crippen LogP contribution in [0.3, 0.4) is 0 Å². The van der Waals surface area contributed by atoms with Crippen LogP contribution in [0.4, 0.5) is 5.82 Å². The van der Waals surface area contributed by atoms with Gasteiger partial charge in [0.15, 0.2) is 5.84 Å². The Hall–Kier alpha value is -2.57. The number of anilines is 1. The Morgan fingerprint density at radius 3 is 2.79 bits per heavy atom. The molecule has 7 nitrogen and oxygen atoms in total. The lowest BCUT2D eigenvalue weighted by Crippen LogP contribution is -2.18. The van der Waals surface area contributed by atoms with E-state index in [0.29, 0.717) is 12.1 Å². The topological polar surface area (TPSA) is 92.6 Å². The highest BCUT2D eigenvalue weighted by atomic mass is 16.4. The number of nitrogens with zero attached hydrogens (tertiary/aromatic N) is 5. The van der Waals surface area contributed by atoms with Crippen LogP contribution in [-0.2, 0) is 13.6 Å². The van der Waals surface area contributed by atoms with Crippen molar-refractivity contribution in [3.05, 3.63) is 41.9 Å². The molecule has 0 spiro atoms. The van der Waals surface area contributed by atoms with Crippen LogP contribution in [-0.4, -0.2) is 32.9 Å². The molecule has 0 aliphatic rings. The van der Waals surface area contributed by atoms with Gasteiger partial charge in [-0.15, -0.1) is 0 Å². The Morgan fingerprint density at radius 2 is 2.26 bits per heavy atom. The third-order valence-electron chi connectivity index (χ3n) is 2.72. The number of aromatic nitrogens is 3. The highest BCUT2D eigenvalue weighted by molar-refractivity contribution is 5.96. The van der Waals surface area contributed by atoms with Crippen molar-refractivity contribution < 1.29 is 5.21 Å². The average Bonchev–Trinajstić information content (AvgIpc) is 2.83. The summed E-state index contributed by atoms with van der Waals surface area (Å²) in [7, 11) is 3.83. The van der Waals surface area contributed by atoms with Crippen LogP contribution in [0.2, 0.25) is 0 Å². The van der Waals surface area contributed by atoms with Crippen LogP contribution in [0.25, 0.3) is 0 Å². The van der Waals surface area contributed by atoms with Gasteiger partial charge in [0.25, 0.3) is 0 Å². The van der Waals surface area contributed by atoms with E-state index in [0.717, 1.165) is 11.4 Å². The zero-order valence-electron chi connectivity index (χ0n) is 10.9. The minimum absolute atomic E-state index is 0.0500. The fourth-order valence-electron chi connectivity index (χ4n) is 1.73. The summed E-state index contributed by atoms with van der Waals surface area (Å²) < 4.78 is 1.76. The van der Waals surface area contributed by atoms with Gasteiger partial charge < -0.3 is 15.8 Å². The summed E-state index contributed by atoms with van der Waals surface area (Å²) in [5, 5.41) is 15.6. The van der Waals surface area contributed by atoms with Crippen LogP contribution in [0.5, 0.6) is 0 Å². The van der Waals surface area contributed by atoms with Gasteiger partial charge in [0.2, 0.25) is 0 Å². The molecule has 0 atom stereocenters. The zero-order chi connectivity index (χ0) is 13.8. The summed E-state index contributed by atoms with van der Waals surface area (Å²) in [6, 6.07) is 3.58. The summed E-state index contributed by atoms with van der Waals surface area (Å²) >= 11 is 0. The maximum atomic E-state index is 8.58. The Kier molecular flexibility index (Phi) is 3.65. The zero-order valence-corrected chi connectivity index (χ0v) is 10.9. The molecule has 0 aliphatic carbocycles. The molecular formula is C12H16N6O. The fraction of sp³-hybridized carbons (Fsp3) is 0.250. The summed E-state index contributed by atoms with van der Waals surface area (Å²) in [6.07, 6.45) is 5.35. The molecule has 0 radical (unpaired) electrons. The van der Waals surface area contributed by atoms with Gasteiger partial charge in [-0.25, -0.2) is 4.98 Å². The minimum atomic E-state index is 0.0500. The molecular weight excluding hydrogens is 244 g/mol. The van der Waals surface area contributed by atoms with Crippen molar-refractivity contribution in [2.75, 3.05) is 11.9 Å². The van der Waals surface area contributed by atoms with Gasteiger partial charge in [-0.1, -0.05) is 5.16 Å². The fourth-order valence-corrected chi connectivity index (χ4v) is 1.73. The molecule has 19 heavy (non-hydrogen) atoms. The van der Waals surface area contributed by atoms with Gasteiger partial charge in [-0.2, -0.15) is 5.10 Å². The van der Waals surface area contributed by atoms with E-state index in [1.54, 1.807) is 16.9 Å². The smallest absolute Gasteiger partial charge is 0.171 e. The highest BCUT2D eigenvalue weighted by Gasteiger charge is 2.06. The van der Waals surface area contributed by atoms with E-state index >= 15 is 0 Å². The lowest BCUT2D eigenvalue weighted by Gasteiger charge is -2.17. The maximum Gasteiger partial charge on any atom is 0.171 e. The van der Waals surface area contributed by atoms with Crippen molar-refractivity contribution >= 4 is 11.7 Å². The lowest BCUT2D eigenvalue weighted by molar-refractivity contribution is 0.318. The molecule has 2 heterocycles. The molecule has 2 aromatic heterocycles. The second-order valence-corrected chi connectivity index (χ2v) is 4.27. The van der Waals surface area contributed by atoms with Crippen LogP contribution in [0, 0.1) is 0 Å². The number of nitrogens with two attached hydrogens (primary N) is 1.